The molecule has 0 saturated heterocycles. The summed E-state index contributed by atoms with van der Waals surface area (Å²) < 4.78 is 38.9. The van der Waals surface area contributed by atoms with Crippen molar-refractivity contribution in [2.45, 2.75) is 58.2 Å². The minimum absolute atomic E-state index is 0.0509. The maximum absolute atomic E-state index is 12.7. The number of carbonyl (C=O) groups is 1. The molecule has 1 saturated carbocycles. The summed E-state index contributed by atoms with van der Waals surface area (Å²) in [5.41, 5.74) is 4.89. The van der Waals surface area contributed by atoms with E-state index in [2.05, 4.69) is 45.3 Å². The fraction of sp³-hybridized carbons (Fsp3) is 0.440. The lowest BCUT2D eigenvalue weighted by Crippen LogP contribution is -2.27. The second kappa shape index (κ2) is 9.49. The van der Waals surface area contributed by atoms with Gasteiger partial charge in [0.05, 0.1) is 17.8 Å². The van der Waals surface area contributed by atoms with Crippen molar-refractivity contribution in [1.82, 2.24) is 10.2 Å². The Hall–Kier alpha value is -2.35. The lowest BCUT2D eigenvalue weighted by atomic mass is 9.99. The van der Waals surface area contributed by atoms with Crippen molar-refractivity contribution in [1.29, 1.82) is 0 Å². The quantitative estimate of drug-likeness (QED) is 0.481. The van der Waals surface area contributed by atoms with Crippen LogP contribution in [0.3, 0.4) is 0 Å². The number of carbonyl (C=O) groups excluding carboxylic acids is 1. The molecule has 0 radical (unpaired) electrons. The zero-order valence-electron chi connectivity index (χ0n) is 18.7. The van der Waals surface area contributed by atoms with E-state index in [0.29, 0.717) is 23.7 Å². The summed E-state index contributed by atoms with van der Waals surface area (Å²) in [6.07, 6.45) is 4.31. The number of benzene rings is 1. The van der Waals surface area contributed by atoms with Crippen molar-refractivity contribution in [3.63, 3.8) is 0 Å². The molecule has 1 aromatic rings. The van der Waals surface area contributed by atoms with Crippen LogP contribution in [0.5, 0.6) is 0 Å². The van der Waals surface area contributed by atoms with E-state index in [1.165, 1.54) is 0 Å². The Bertz CT molecular complexity index is 1070. The third-order valence-electron chi connectivity index (χ3n) is 5.92. The molecule has 1 N–H and O–H groups in total. The van der Waals surface area contributed by atoms with Crippen molar-refractivity contribution < 1.29 is 18.0 Å². The van der Waals surface area contributed by atoms with Crippen LogP contribution in [0.25, 0.3) is 5.70 Å². The average molecular weight is 522 g/mol. The van der Waals surface area contributed by atoms with Gasteiger partial charge in [0.25, 0.3) is 5.91 Å². The summed E-state index contributed by atoms with van der Waals surface area (Å²) in [4.78, 5) is 18.9. The Morgan fingerprint density at radius 2 is 2.03 bits per heavy atom. The van der Waals surface area contributed by atoms with E-state index in [0.717, 1.165) is 46.3 Å². The van der Waals surface area contributed by atoms with E-state index in [-0.39, 0.29) is 18.4 Å². The molecule has 0 bridgehead atoms. The molecule has 2 aliphatic heterocycles. The molecule has 1 fully saturated rings. The first-order valence-corrected chi connectivity index (χ1v) is 12.0. The number of rotatable bonds is 5. The minimum Gasteiger partial charge on any atom is -0.349 e. The van der Waals surface area contributed by atoms with Gasteiger partial charge in [0, 0.05) is 41.0 Å². The average Bonchev–Trinajstić information content (AvgIpc) is 3.54. The van der Waals surface area contributed by atoms with E-state index >= 15 is 0 Å². The lowest BCUT2D eigenvalue weighted by molar-refractivity contribution is -0.132. The Balaban J connectivity index is 1.65. The van der Waals surface area contributed by atoms with Crippen molar-refractivity contribution in [3.8, 4) is 0 Å². The zero-order chi connectivity index (χ0) is 23.8. The molecule has 0 aromatic heterocycles. The van der Waals surface area contributed by atoms with Crippen LogP contribution in [0, 0.1) is 12.8 Å². The van der Waals surface area contributed by atoms with Crippen LogP contribution < -0.4 is 5.32 Å². The minimum atomic E-state index is -4.23. The molecular formula is C25H27BrF3N3O. The van der Waals surface area contributed by atoms with Crippen LogP contribution in [-0.4, -0.2) is 35.3 Å². The molecule has 1 aromatic carbocycles. The van der Waals surface area contributed by atoms with Gasteiger partial charge in [-0.15, -0.1) is 0 Å². The van der Waals surface area contributed by atoms with Crippen LogP contribution in [0.2, 0.25) is 0 Å². The van der Waals surface area contributed by atoms with Gasteiger partial charge in [-0.3, -0.25) is 9.79 Å². The largest absolute Gasteiger partial charge is 0.390 e. The topological polar surface area (TPSA) is 44.7 Å². The highest BCUT2D eigenvalue weighted by molar-refractivity contribution is 9.11. The van der Waals surface area contributed by atoms with Crippen LogP contribution in [-0.2, 0) is 0 Å². The monoisotopic (exact) mass is 521 g/mol. The Labute approximate surface area is 200 Å². The van der Waals surface area contributed by atoms with Gasteiger partial charge in [-0.25, -0.2) is 0 Å². The van der Waals surface area contributed by atoms with Gasteiger partial charge < -0.3 is 10.2 Å². The van der Waals surface area contributed by atoms with Gasteiger partial charge >= 0.3 is 6.18 Å². The van der Waals surface area contributed by atoms with Gasteiger partial charge in [-0.1, -0.05) is 41.1 Å². The van der Waals surface area contributed by atoms with Crippen molar-refractivity contribution in [2.24, 2.45) is 10.9 Å². The first kappa shape index (κ1) is 23.8. The van der Waals surface area contributed by atoms with Crippen molar-refractivity contribution in [3.05, 3.63) is 63.4 Å². The molecule has 4 nitrogen and oxygen atoms in total. The lowest BCUT2D eigenvalue weighted by Gasteiger charge is -2.31. The van der Waals surface area contributed by atoms with Gasteiger partial charge in [0.15, 0.2) is 0 Å². The molecule has 1 atom stereocenters. The number of amides is 1. The van der Waals surface area contributed by atoms with Crippen molar-refractivity contribution >= 4 is 33.2 Å². The van der Waals surface area contributed by atoms with E-state index in [9.17, 15) is 18.0 Å². The highest BCUT2D eigenvalue weighted by Crippen LogP contribution is 2.37. The molecule has 0 spiro atoms. The summed E-state index contributed by atoms with van der Waals surface area (Å²) in [5, 5.41) is 3.03. The predicted molar refractivity (Wildman–Crippen MR) is 128 cm³/mol. The number of aryl methyl sites for hydroxylation is 1. The number of hydrogen-bond acceptors (Lipinski definition) is 3. The highest BCUT2D eigenvalue weighted by atomic mass is 79.9. The van der Waals surface area contributed by atoms with Gasteiger partial charge in [0.1, 0.15) is 0 Å². The number of fused-ring (bicyclic) bond motifs is 1. The third kappa shape index (κ3) is 5.96. The summed E-state index contributed by atoms with van der Waals surface area (Å²) in [6, 6.07) is 6.08. The summed E-state index contributed by atoms with van der Waals surface area (Å²) >= 11 is 3.55. The van der Waals surface area contributed by atoms with Crippen LogP contribution >= 0.6 is 15.9 Å². The number of aliphatic imine (C=N–C) groups is 1. The maximum Gasteiger partial charge on any atom is 0.390 e. The van der Waals surface area contributed by atoms with E-state index in [1.807, 2.05) is 36.2 Å². The Morgan fingerprint density at radius 1 is 1.27 bits per heavy atom. The van der Waals surface area contributed by atoms with Crippen LogP contribution in [0.15, 0.2) is 51.7 Å². The fourth-order valence-electron chi connectivity index (χ4n) is 4.03. The zero-order valence-corrected chi connectivity index (χ0v) is 20.3. The normalized spacial score (nSPS) is 22.2. The second-order valence-electron chi connectivity index (χ2n) is 8.95. The molecular weight excluding hydrogens is 495 g/mol. The maximum atomic E-state index is 12.7. The van der Waals surface area contributed by atoms with Crippen LogP contribution in [0.4, 0.5) is 13.2 Å². The summed E-state index contributed by atoms with van der Waals surface area (Å²) in [7, 11) is 0. The Kier molecular flexibility index (Phi) is 6.84. The summed E-state index contributed by atoms with van der Waals surface area (Å²) in [6.45, 7) is 3.75. The molecule has 3 aliphatic rings. The second-order valence-corrected chi connectivity index (χ2v) is 9.97. The first-order chi connectivity index (χ1) is 15.6. The number of nitrogens with one attached hydrogen (secondary N) is 1. The molecule has 1 aliphatic carbocycles. The first-order valence-electron chi connectivity index (χ1n) is 11.2. The molecule has 4 rings (SSSR count). The summed E-state index contributed by atoms with van der Waals surface area (Å²) in [5.74, 6) is 0.185. The SMILES string of the molecule is Cc1cc(C2=CC(C)CC=C3C(=NCCC(F)(F)F)CC(Br)=CN32)ccc1C(=O)NC1CC1. The molecule has 2 heterocycles. The number of halogens is 4. The Morgan fingerprint density at radius 3 is 2.70 bits per heavy atom. The van der Waals surface area contributed by atoms with Gasteiger partial charge in [0.2, 0.25) is 0 Å². The van der Waals surface area contributed by atoms with Crippen molar-refractivity contribution in [2.75, 3.05) is 6.54 Å². The van der Waals surface area contributed by atoms with Gasteiger partial charge in [-0.05, 0) is 55.4 Å². The van der Waals surface area contributed by atoms with E-state index < -0.39 is 12.6 Å². The van der Waals surface area contributed by atoms with E-state index in [1.54, 1.807) is 0 Å². The standard InChI is InChI=1S/C25H27BrF3N3O/c1-15-3-8-22-21(30-10-9-25(27,28)29)13-18(26)14-32(22)23(11-15)17-4-7-20(16(2)12-17)24(33)31-19-5-6-19/h4,7-8,11-12,14-15,19H,3,5-6,9-10,13H2,1-2H3,(H,31,33). The van der Waals surface area contributed by atoms with E-state index in [4.69, 9.17) is 0 Å². The molecule has 1 unspecified atom stereocenters. The fourth-order valence-corrected chi connectivity index (χ4v) is 4.50. The molecule has 8 heteroatoms. The van der Waals surface area contributed by atoms with Crippen LogP contribution in [0.1, 0.15) is 60.5 Å². The van der Waals surface area contributed by atoms with Gasteiger partial charge in [-0.2, -0.15) is 13.2 Å². The third-order valence-corrected chi connectivity index (χ3v) is 6.41. The number of alkyl halides is 3. The smallest absolute Gasteiger partial charge is 0.349 e. The number of nitrogens with zero attached hydrogens (tertiary/aromatic N) is 2. The number of hydrogen-bond donors (Lipinski definition) is 1. The number of allylic oxidation sites excluding steroid dienone is 4. The molecule has 1 amide bonds. The molecule has 33 heavy (non-hydrogen) atoms. The highest BCUT2D eigenvalue weighted by Gasteiger charge is 2.29. The predicted octanol–water partition coefficient (Wildman–Crippen LogP) is 6.49. The molecule has 176 valence electrons.